The third kappa shape index (κ3) is 14.1. The van der Waals surface area contributed by atoms with E-state index in [9.17, 15) is 4.39 Å². The fourth-order valence-corrected chi connectivity index (χ4v) is 7.91. The summed E-state index contributed by atoms with van der Waals surface area (Å²) >= 11 is 0. The van der Waals surface area contributed by atoms with Gasteiger partial charge in [-0.3, -0.25) is 0 Å². The van der Waals surface area contributed by atoms with Crippen LogP contribution in [-0.4, -0.2) is 80.4 Å². The third-order valence-corrected chi connectivity index (χ3v) is 10.4. The molecule has 4 atom stereocenters. The molecule has 0 radical (unpaired) electrons. The van der Waals surface area contributed by atoms with Crippen molar-refractivity contribution in [3.05, 3.63) is 103 Å². The Kier molecular flexibility index (Phi) is 19.1. The minimum Gasteiger partial charge on any atom is -0.356 e. The van der Waals surface area contributed by atoms with E-state index in [0.717, 1.165) is 92.8 Å². The molecule has 4 bridgehead atoms. The van der Waals surface area contributed by atoms with E-state index in [-0.39, 0.29) is 39.7 Å². The quantitative estimate of drug-likeness (QED) is 0.127. The molecule has 0 saturated carbocycles. The van der Waals surface area contributed by atoms with Crippen LogP contribution in [0.15, 0.2) is 85.5 Å². The van der Waals surface area contributed by atoms with Crippen LogP contribution in [0.5, 0.6) is 0 Å². The molecule has 0 aromatic carbocycles. The van der Waals surface area contributed by atoms with Gasteiger partial charge in [-0.25, -0.2) is 19.9 Å². The highest BCUT2D eigenvalue weighted by atomic mass is 35.5. The Morgan fingerprint density at radius 2 is 1.11 bits per heavy atom. The summed E-state index contributed by atoms with van der Waals surface area (Å²) in [6, 6.07) is 19.0. The van der Waals surface area contributed by atoms with Gasteiger partial charge in [-0.2, -0.15) is 4.39 Å². The number of hydrogen-bond acceptors (Lipinski definition) is 8. The summed E-state index contributed by atoms with van der Waals surface area (Å²) in [4.78, 5) is 24.3. The lowest BCUT2D eigenvalue weighted by Gasteiger charge is -2.46. The van der Waals surface area contributed by atoms with Gasteiger partial charge in [-0.1, -0.05) is 58.5 Å². The van der Waals surface area contributed by atoms with Crippen molar-refractivity contribution in [3.8, 4) is 23.8 Å². The first-order valence-corrected chi connectivity index (χ1v) is 21.6. The van der Waals surface area contributed by atoms with Crippen molar-refractivity contribution in [3.63, 3.8) is 0 Å². The van der Waals surface area contributed by atoms with Crippen LogP contribution in [0, 0.1) is 53.4 Å². The van der Waals surface area contributed by atoms with E-state index in [0.29, 0.717) is 11.8 Å². The van der Waals surface area contributed by atoms with Crippen molar-refractivity contribution in [2.75, 3.05) is 67.1 Å². The normalized spacial score (nSPS) is 20.5. The molecule has 8 rings (SSSR count). The van der Waals surface area contributed by atoms with Crippen molar-refractivity contribution in [2.24, 2.45) is 23.7 Å². The van der Waals surface area contributed by atoms with E-state index in [1.165, 1.54) is 25.1 Å². The summed E-state index contributed by atoms with van der Waals surface area (Å²) in [6.45, 7) is 15.7. The van der Waals surface area contributed by atoms with Crippen LogP contribution in [0.2, 0.25) is 19.6 Å². The second-order valence-corrected chi connectivity index (χ2v) is 19.9. The first kappa shape index (κ1) is 47.0. The molecule has 4 saturated heterocycles. The number of halogens is 3. The average molecular weight is 806 g/mol. The predicted octanol–water partition coefficient (Wildman–Crippen LogP) is 8.11. The molecule has 55 heavy (non-hydrogen) atoms. The highest BCUT2D eigenvalue weighted by Crippen LogP contribution is 2.32. The summed E-state index contributed by atoms with van der Waals surface area (Å²) in [5.41, 5.74) is 5.28. The second kappa shape index (κ2) is 22.4. The third-order valence-electron chi connectivity index (χ3n) is 9.57. The van der Waals surface area contributed by atoms with E-state index in [1.807, 2.05) is 30.6 Å². The van der Waals surface area contributed by atoms with Gasteiger partial charge in [0.2, 0.25) is 5.95 Å². The summed E-state index contributed by atoms with van der Waals surface area (Å²) in [6.07, 6.45) is 15.1. The number of aromatic nitrogens is 4. The molecule has 4 aliphatic heterocycles. The lowest BCUT2D eigenvalue weighted by atomic mass is 9.84. The zero-order chi connectivity index (χ0) is 35.6. The molecular formula is C43H59Cl2FN8Si. The average Bonchev–Trinajstić information content (AvgIpc) is 3.14. The van der Waals surface area contributed by atoms with Crippen LogP contribution in [0.1, 0.15) is 38.8 Å². The van der Waals surface area contributed by atoms with Crippen LogP contribution >= 0.6 is 24.8 Å². The van der Waals surface area contributed by atoms with Gasteiger partial charge in [0, 0.05) is 75.2 Å². The molecule has 4 aromatic heterocycles. The molecule has 12 heteroatoms. The molecule has 1 N–H and O–H groups in total. The van der Waals surface area contributed by atoms with Crippen LogP contribution in [-0.2, 0) is 0 Å². The van der Waals surface area contributed by atoms with E-state index in [2.05, 4.69) is 101 Å². The maximum absolute atomic E-state index is 11.8. The van der Waals surface area contributed by atoms with Crippen molar-refractivity contribution < 1.29 is 4.39 Å². The molecule has 4 fully saturated rings. The number of hydrogen-bond donors (Lipinski definition) is 1. The zero-order valence-electron chi connectivity index (χ0n) is 30.9. The molecule has 8 nitrogen and oxygen atoms in total. The maximum atomic E-state index is 11.8. The molecule has 8 heterocycles. The standard InChI is InChI=1S/C19H20N4.C17H25N3Si.C5H4FN.2CH4.2ClH/c1-2-15-6-7-19(21-10-15)23-13-16-9-17(14-23)12-22(11-16)18-5-3-4-8-20-18;1-21(2,3)7-6-14-4-5-17(19-11-14)20-12-15-8-16(13-20)10-18-9-15;6-5-3-1-2-4-7-5;;;;/h1,3-8,10,16-17H,9,11-14H2;4-5,11,15-16,18H,8-10,12-13H2,1-3H3;1-4H;2*1H4;2*1H. The van der Waals surface area contributed by atoms with Gasteiger partial charge >= 0.3 is 0 Å². The molecule has 4 aliphatic rings. The molecule has 296 valence electrons. The fraction of sp³-hybridized carbons (Fsp3) is 0.442. The van der Waals surface area contributed by atoms with Crippen LogP contribution in [0.3, 0.4) is 0 Å². The number of terminal acetylenes is 1. The largest absolute Gasteiger partial charge is 0.356 e. The molecule has 0 amide bonds. The molecule has 0 spiro atoms. The Morgan fingerprint density at radius 1 is 0.636 bits per heavy atom. The summed E-state index contributed by atoms with van der Waals surface area (Å²) in [5.74, 6) is 11.6. The smallest absolute Gasteiger partial charge is 0.212 e. The van der Waals surface area contributed by atoms with E-state index < -0.39 is 14.0 Å². The SMILES string of the molecule is C.C.C#Cc1ccc(N2CC3CC(CN(c4ccccn4)C3)C2)nc1.C[Si](C)(C)C#Cc1ccc(N2CC3CNCC(C3)C2)nc1.Cl.Cl.Fc1ccccn1. The Hall–Kier alpha value is -4.19. The minimum atomic E-state index is -1.31. The van der Waals surface area contributed by atoms with Gasteiger partial charge < -0.3 is 20.0 Å². The van der Waals surface area contributed by atoms with Gasteiger partial charge in [0.15, 0.2) is 0 Å². The Labute approximate surface area is 343 Å². The van der Waals surface area contributed by atoms with E-state index >= 15 is 0 Å². The highest BCUT2D eigenvalue weighted by Gasteiger charge is 2.35. The minimum absolute atomic E-state index is 0. The first-order chi connectivity index (χ1) is 24.7. The van der Waals surface area contributed by atoms with Crippen molar-refractivity contribution in [2.45, 2.75) is 47.3 Å². The predicted molar refractivity (Wildman–Crippen MR) is 236 cm³/mol. The van der Waals surface area contributed by atoms with Crippen LogP contribution in [0.4, 0.5) is 21.8 Å². The number of nitrogens with zero attached hydrogens (tertiary/aromatic N) is 7. The molecule has 4 aromatic rings. The lowest BCUT2D eigenvalue weighted by molar-refractivity contribution is 0.249. The summed E-state index contributed by atoms with van der Waals surface area (Å²) in [7, 11) is -1.31. The maximum Gasteiger partial charge on any atom is 0.212 e. The van der Waals surface area contributed by atoms with Crippen LogP contribution in [0.25, 0.3) is 0 Å². The fourth-order valence-electron chi connectivity index (χ4n) is 7.40. The summed E-state index contributed by atoms with van der Waals surface area (Å²) in [5, 5.41) is 3.54. The number of fused-ring (bicyclic) bond motifs is 4. The van der Waals surface area contributed by atoms with Gasteiger partial charge in [0.25, 0.3) is 0 Å². The monoisotopic (exact) mass is 804 g/mol. The summed E-state index contributed by atoms with van der Waals surface area (Å²) < 4.78 is 11.8. The number of pyridine rings is 4. The first-order valence-electron chi connectivity index (χ1n) is 18.1. The topological polar surface area (TPSA) is 73.3 Å². The van der Waals surface area contributed by atoms with Gasteiger partial charge in [-0.15, -0.1) is 36.8 Å². The Balaban J connectivity index is 0.000000305. The van der Waals surface area contributed by atoms with E-state index in [4.69, 9.17) is 6.42 Å². The number of rotatable bonds is 3. The van der Waals surface area contributed by atoms with Crippen molar-refractivity contribution >= 4 is 50.3 Å². The number of anilines is 3. The van der Waals surface area contributed by atoms with Crippen molar-refractivity contribution in [1.82, 2.24) is 25.3 Å². The molecule has 4 unspecified atom stereocenters. The van der Waals surface area contributed by atoms with Crippen LogP contribution < -0.4 is 20.0 Å². The molecule has 0 aliphatic carbocycles. The van der Waals surface area contributed by atoms with E-state index in [1.54, 1.807) is 18.3 Å². The highest BCUT2D eigenvalue weighted by molar-refractivity contribution is 6.83. The number of nitrogens with one attached hydrogen (secondary N) is 1. The Bertz CT molecular complexity index is 1770. The van der Waals surface area contributed by atoms with Crippen molar-refractivity contribution in [1.29, 1.82) is 0 Å². The molecular weight excluding hydrogens is 747 g/mol. The van der Waals surface area contributed by atoms with Gasteiger partial charge in [0.1, 0.15) is 25.5 Å². The van der Waals surface area contributed by atoms with Gasteiger partial charge in [-0.05, 0) is 98.1 Å². The Morgan fingerprint density at radius 3 is 1.51 bits per heavy atom. The van der Waals surface area contributed by atoms with Gasteiger partial charge in [0.05, 0.1) is 0 Å². The lowest BCUT2D eigenvalue weighted by Crippen LogP contribution is -2.53. The second-order valence-electron chi connectivity index (χ2n) is 15.1. The zero-order valence-corrected chi connectivity index (χ0v) is 33.5. The number of piperidine rings is 4.